The third kappa shape index (κ3) is 1.71. The maximum Gasteiger partial charge on any atom is 0.221 e. The Labute approximate surface area is 92.6 Å². The molecule has 1 aromatic heterocycles. The van der Waals surface area contributed by atoms with Crippen LogP contribution in [-0.2, 0) is 6.54 Å². The molecule has 0 atom stereocenters. The van der Waals surface area contributed by atoms with E-state index in [0.717, 1.165) is 11.0 Å². The molecule has 0 saturated heterocycles. The molecule has 0 aliphatic heterocycles. The number of nitrogens with zero attached hydrogens (tertiary/aromatic N) is 2. The van der Waals surface area contributed by atoms with Gasteiger partial charge in [0.1, 0.15) is 0 Å². The topological polar surface area (TPSA) is 80.0 Å². The van der Waals surface area contributed by atoms with Gasteiger partial charge in [-0.1, -0.05) is 12.1 Å². The Morgan fingerprint density at radius 3 is 2.47 bits per heavy atom. The second kappa shape index (κ2) is 4.37. The number of fused-ring (bicyclic) bond motifs is 1. The molecule has 0 bridgehead atoms. The molecule has 0 unspecified atom stereocenters. The highest BCUT2D eigenvalue weighted by Crippen LogP contribution is 2.09. The Hall–Kier alpha value is -1.46. The van der Waals surface area contributed by atoms with Gasteiger partial charge in [-0.15, -0.1) is 0 Å². The number of nitrogens with two attached hydrogens (primary N) is 1. The van der Waals surface area contributed by atoms with Crippen molar-refractivity contribution in [2.75, 3.05) is 12.4 Å². The van der Waals surface area contributed by atoms with E-state index in [4.69, 9.17) is 16.4 Å². The number of hydrogen-bond acceptors (Lipinski definition) is 3. The van der Waals surface area contributed by atoms with Crippen molar-refractivity contribution < 1.29 is 17.5 Å². The highest BCUT2D eigenvalue weighted by molar-refractivity contribution is 5.75. The van der Waals surface area contributed by atoms with Gasteiger partial charge in [-0.25, -0.2) is 4.68 Å². The molecule has 2 rings (SSSR count). The number of hydrogen-bond donors (Lipinski definition) is 3. The summed E-state index contributed by atoms with van der Waals surface area (Å²) in [6, 6.07) is 7.48. The summed E-state index contributed by atoms with van der Waals surface area (Å²) in [5, 5.41) is 16.6. The molecule has 1 aromatic carbocycles. The SMILES string of the molecule is N=c1n(N)c2ccccc2n1CCO.[Cl-]. The fraction of sp³-hybridized carbons (Fsp3) is 0.222. The molecular formula is C9H12ClN4O-. The Morgan fingerprint density at radius 2 is 1.87 bits per heavy atom. The Bertz CT molecular complexity index is 516. The zero-order valence-electron chi connectivity index (χ0n) is 8.02. The van der Waals surface area contributed by atoms with Crippen molar-refractivity contribution in [1.29, 1.82) is 5.41 Å². The molecule has 0 aliphatic carbocycles. The van der Waals surface area contributed by atoms with Crippen molar-refractivity contribution >= 4 is 11.0 Å². The van der Waals surface area contributed by atoms with Crippen LogP contribution in [0.1, 0.15) is 0 Å². The van der Waals surface area contributed by atoms with Crippen LogP contribution < -0.4 is 23.9 Å². The molecule has 0 amide bonds. The van der Waals surface area contributed by atoms with Crippen LogP contribution in [-0.4, -0.2) is 21.0 Å². The number of imidazole rings is 1. The lowest BCUT2D eigenvalue weighted by Gasteiger charge is -1.99. The number of aromatic nitrogens is 2. The molecular weight excluding hydrogens is 216 g/mol. The summed E-state index contributed by atoms with van der Waals surface area (Å²) >= 11 is 0. The van der Waals surface area contributed by atoms with Gasteiger partial charge < -0.3 is 27.9 Å². The second-order valence-electron chi connectivity index (χ2n) is 3.06. The Balaban J connectivity index is 0.00000112. The van der Waals surface area contributed by atoms with Crippen molar-refractivity contribution in [2.24, 2.45) is 0 Å². The number of nitrogens with one attached hydrogen (secondary N) is 1. The quantitative estimate of drug-likeness (QED) is 0.469. The van der Waals surface area contributed by atoms with Crippen LogP contribution in [0.3, 0.4) is 0 Å². The fourth-order valence-corrected chi connectivity index (χ4v) is 1.58. The number of aliphatic hydroxyl groups is 1. The predicted molar refractivity (Wildman–Crippen MR) is 53.0 cm³/mol. The van der Waals surface area contributed by atoms with Crippen LogP contribution in [0.25, 0.3) is 11.0 Å². The predicted octanol–water partition coefficient (Wildman–Crippen LogP) is -3.37. The van der Waals surface area contributed by atoms with Crippen LogP contribution in [0.2, 0.25) is 0 Å². The number of rotatable bonds is 2. The summed E-state index contributed by atoms with van der Waals surface area (Å²) < 4.78 is 2.99. The standard InChI is InChI=1S/C9H12N4O.ClH/c10-9-12(5-6-14)7-3-1-2-4-8(7)13(9)11;/h1-4,10,14H,5-6,11H2;1H/p-1. The van der Waals surface area contributed by atoms with Crippen LogP contribution in [0.4, 0.5) is 0 Å². The molecule has 0 radical (unpaired) electrons. The van der Waals surface area contributed by atoms with E-state index in [1.54, 1.807) is 4.57 Å². The Kier molecular flexibility index (Phi) is 3.39. The van der Waals surface area contributed by atoms with Crippen LogP contribution in [0.5, 0.6) is 0 Å². The van der Waals surface area contributed by atoms with Gasteiger partial charge in [0.05, 0.1) is 17.6 Å². The third-order valence-corrected chi connectivity index (χ3v) is 2.24. The maximum absolute atomic E-state index is 8.86. The van der Waals surface area contributed by atoms with Crippen molar-refractivity contribution in [3.05, 3.63) is 29.9 Å². The van der Waals surface area contributed by atoms with Gasteiger partial charge in [-0.3, -0.25) is 5.41 Å². The van der Waals surface area contributed by atoms with Crippen LogP contribution >= 0.6 is 0 Å². The molecule has 0 aliphatic rings. The van der Waals surface area contributed by atoms with Gasteiger partial charge >= 0.3 is 0 Å². The lowest BCUT2D eigenvalue weighted by molar-refractivity contribution is -0.00000422. The molecule has 2 aromatic rings. The average molecular weight is 228 g/mol. The molecule has 4 N–H and O–H groups in total. The first-order valence-corrected chi connectivity index (χ1v) is 4.36. The highest BCUT2D eigenvalue weighted by atomic mass is 35.5. The smallest absolute Gasteiger partial charge is 0.221 e. The molecule has 5 nitrogen and oxygen atoms in total. The minimum atomic E-state index is 0. The maximum atomic E-state index is 8.86. The summed E-state index contributed by atoms with van der Waals surface area (Å²) in [6.07, 6.45) is 0. The van der Waals surface area contributed by atoms with Gasteiger partial charge in [0, 0.05) is 6.54 Å². The number of para-hydroxylation sites is 2. The van der Waals surface area contributed by atoms with E-state index in [-0.39, 0.29) is 24.6 Å². The first-order chi connectivity index (χ1) is 6.75. The lowest BCUT2D eigenvalue weighted by Crippen LogP contribution is -3.00. The van der Waals surface area contributed by atoms with Gasteiger partial charge in [0.2, 0.25) is 5.62 Å². The van der Waals surface area contributed by atoms with Gasteiger partial charge in [-0.2, -0.15) is 0 Å². The number of benzene rings is 1. The van der Waals surface area contributed by atoms with E-state index < -0.39 is 0 Å². The summed E-state index contributed by atoms with van der Waals surface area (Å²) in [7, 11) is 0. The fourth-order valence-electron chi connectivity index (χ4n) is 1.58. The van der Waals surface area contributed by atoms with Crippen molar-refractivity contribution in [1.82, 2.24) is 9.24 Å². The van der Waals surface area contributed by atoms with Crippen molar-refractivity contribution in [3.8, 4) is 0 Å². The minimum Gasteiger partial charge on any atom is -1.00 e. The van der Waals surface area contributed by atoms with Crippen LogP contribution in [0.15, 0.2) is 24.3 Å². The van der Waals surface area contributed by atoms with E-state index in [0.29, 0.717) is 6.54 Å². The third-order valence-electron chi connectivity index (χ3n) is 2.24. The summed E-state index contributed by atoms with van der Waals surface area (Å²) in [5.74, 6) is 5.70. The summed E-state index contributed by atoms with van der Waals surface area (Å²) in [6.45, 7) is 0.397. The van der Waals surface area contributed by atoms with E-state index in [1.807, 2.05) is 24.3 Å². The monoisotopic (exact) mass is 227 g/mol. The highest BCUT2D eigenvalue weighted by Gasteiger charge is 2.06. The minimum absolute atomic E-state index is 0. The zero-order valence-corrected chi connectivity index (χ0v) is 8.78. The molecule has 15 heavy (non-hydrogen) atoms. The summed E-state index contributed by atoms with van der Waals surface area (Å²) in [5.41, 5.74) is 1.86. The van der Waals surface area contributed by atoms with E-state index in [1.165, 1.54) is 4.68 Å². The lowest BCUT2D eigenvalue weighted by atomic mass is 10.3. The van der Waals surface area contributed by atoms with E-state index >= 15 is 0 Å². The number of nitrogen functional groups attached to an aromatic ring is 1. The van der Waals surface area contributed by atoms with Gasteiger partial charge in [0.15, 0.2) is 0 Å². The van der Waals surface area contributed by atoms with E-state index in [2.05, 4.69) is 0 Å². The molecule has 0 fully saturated rings. The number of halogens is 1. The first kappa shape index (κ1) is 11.6. The first-order valence-electron chi connectivity index (χ1n) is 4.36. The second-order valence-corrected chi connectivity index (χ2v) is 3.06. The van der Waals surface area contributed by atoms with Gasteiger partial charge in [-0.05, 0) is 12.1 Å². The average Bonchev–Trinajstić information content (AvgIpc) is 2.45. The van der Waals surface area contributed by atoms with Crippen molar-refractivity contribution in [2.45, 2.75) is 6.54 Å². The van der Waals surface area contributed by atoms with Gasteiger partial charge in [0.25, 0.3) is 0 Å². The largest absolute Gasteiger partial charge is 1.00 e. The molecule has 0 saturated carbocycles. The van der Waals surface area contributed by atoms with Crippen molar-refractivity contribution in [3.63, 3.8) is 0 Å². The molecule has 0 spiro atoms. The number of aliphatic hydroxyl groups excluding tert-OH is 1. The van der Waals surface area contributed by atoms with E-state index in [9.17, 15) is 0 Å². The van der Waals surface area contributed by atoms with Crippen LogP contribution in [0, 0.1) is 5.41 Å². The Morgan fingerprint density at radius 1 is 1.27 bits per heavy atom. The normalized spacial score (nSPS) is 10.2. The molecule has 82 valence electrons. The zero-order chi connectivity index (χ0) is 10.1. The molecule has 1 heterocycles. The summed E-state index contributed by atoms with van der Waals surface area (Å²) in [4.78, 5) is 0. The molecule has 6 heteroatoms.